The lowest BCUT2D eigenvalue weighted by atomic mass is 10.1. The van der Waals surface area contributed by atoms with Gasteiger partial charge in [-0.05, 0) is 37.4 Å². The third-order valence-corrected chi connectivity index (χ3v) is 4.87. The average Bonchev–Trinajstić information content (AvgIpc) is 2.74. The minimum atomic E-state index is -0.0616. The number of carbonyl (C=O) groups is 1. The SMILES string of the molecule is COc1cccc(CN(C)CC(=O)Nc2ccc(N3CCOCC3)cc2)c1OC. The van der Waals surface area contributed by atoms with Crippen LogP contribution in [0.3, 0.4) is 0 Å². The minimum absolute atomic E-state index is 0.0616. The van der Waals surface area contributed by atoms with Crippen molar-refractivity contribution in [2.24, 2.45) is 0 Å². The Morgan fingerprint density at radius 2 is 1.83 bits per heavy atom. The molecule has 0 unspecified atom stereocenters. The van der Waals surface area contributed by atoms with Gasteiger partial charge in [0.2, 0.25) is 5.91 Å². The van der Waals surface area contributed by atoms with Crippen LogP contribution < -0.4 is 19.7 Å². The molecule has 1 aliphatic rings. The van der Waals surface area contributed by atoms with Gasteiger partial charge in [0.15, 0.2) is 11.5 Å². The van der Waals surface area contributed by atoms with Gasteiger partial charge in [0.05, 0.1) is 34.0 Å². The first-order chi connectivity index (χ1) is 14.1. The number of morpholine rings is 1. The van der Waals surface area contributed by atoms with Gasteiger partial charge in [-0.2, -0.15) is 0 Å². The number of likely N-dealkylation sites (N-methyl/N-ethyl adjacent to an activating group) is 1. The number of nitrogens with zero attached hydrogens (tertiary/aromatic N) is 2. The molecule has 2 aromatic carbocycles. The molecular weight excluding hydrogens is 370 g/mol. The molecule has 1 fully saturated rings. The van der Waals surface area contributed by atoms with Crippen LogP contribution in [0.5, 0.6) is 11.5 Å². The third-order valence-electron chi connectivity index (χ3n) is 4.87. The lowest BCUT2D eigenvalue weighted by Crippen LogP contribution is -2.36. The van der Waals surface area contributed by atoms with Gasteiger partial charge in [-0.3, -0.25) is 9.69 Å². The Kier molecular flexibility index (Phi) is 7.32. The summed E-state index contributed by atoms with van der Waals surface area (Å²) in [5.41, 5.74) is 2.91. The molecule has 0 aliphatic carbocycles. The Hall–Kier alpha value is -2.77. The Morgan fingerprint density at radius 1 is 1.10 bits per heavy atom. The normalized spacial score (nSPS) is 14.0. The lowest BCUT2D eigenvalue weighted by molar-refractivity contribution is -0.117. The summed E-state index contributed by atoms with van der Waals surface area (Å²) >= 11 is 0. The van der Waals surface area contributed by atoms with Crippen LogP contribution in [0.4, 0.5) is 11.4 Å². The van der Waals surface area contributed by atoms with E-state index in [-0.39, 0.29) is 12.5 Å². The molecule has 156 valence electrons. The summed E-state index contributed by atoms with van der Waals surface area (Å²) < 4.78 is 16.2. The molecule has 7 nitrogen and oxygen atoms in total. The number of nitrogens with one attached hydrogen (secondary N) is 1. The summed E-state index contributed by atoms with van der Waals surface area (Å²) in [7, 11) is 5.14. The van der Waals surface area contributed by atoms with Crippen LogP contribution in [0.1, 0.15) is 5.56 Å². The molecule has 1 N–H and O–H groups in total. The first-order valence-corrected chi connectivity index (χ1v) is 9.71. The van der Waals surface area contributed by atoms with Crippen molar-refractivity contribution in [3.63, 3.8) is 0 Å². The van der Waals surface area contributed by atoms with E-state index in [4.69, 9.17) is 14.2 Å². The van der Waals surface area contributed by atoms with E-state index in [0.717, 1.165) is 43.2 Å². The Labute approximate surface area is 172 Å². The van der Waals surface area contributed by atoms with Crippen molar-refractivity contribution in [3.05, 3.63) is 48.0 Å². The van der Waals surface area contributed by atoms with Crippen molar-refractivity contribution >= 4 is 17.3 Å². The van der Waals surface area contributed by atoms with E-state index in [0.29, 0.717) is 18.0 Å². The quantitative estimate of drug-likeness (QED) is 0.736. The molecule has 0 spiro atoms. The molecule has 1 amide bonds. The molecule has 0 atom stereocenters. The van der Waals surface area contributed by atoms with Crippen LogP contribution in [0.25, 0.3) is 0 Å². The van der Waals surface area contributed by atoms with E-state index in [9.17, 15) is 4.79 Å². The van der Waals surface area contributed by atoms with Crippen LogP contribution >= 0.6 is 0 Å². The number of para-hydroxylation sites is 1. The largest absolute Gasteiger partial charge is 0.493 e. The maximum atomic E-state index is 12.4. The molecule has 3 rings (SSSR count). The van der Waals surface area contributed by atoms with E-state index in [2.05, 4.69) is 10.2 Å². The molecular formula is C22H29N3O4. The molecule has 1 saturated heterocycles. The highest BCUT2D eigenvalue weighted by atomic mass is 16.5. The Bertz CT molecular complexity index is 804. The second-order valence-corrected chi connectivity index (χ2v) is 7.02. The highest BCUT2D eigenvalue weighted by molar-refractivity contribution is 5.92. The minimum Gasteiger partial charge on any atom is -0.493 e. The zero-order valence-electron chi connectivity index (χ0n) is 17.3. The van der Waals surface area contributed by atoms with E-state index in [1.807, 2.05) is 54.4 Å². The number of methoxy groups -OCH3 is 2. The second-order valence-electron chi connectivity index (χ2n) is 7.02. The predicted octanol–water partition coefficient (Wildman–Crippen LogP) is 2.61. The maximum Gasteiger partial charge on any atom is 0.238 e. The summed E-state index contributed by atoms with van der Waals surface area (Å²) in [5.74, 6) is 1.32. The van der Waals surface area contributed by atoms with Gasteiger partial charge < -0.3 is 24.4 Å². The van der Waals surface area contributed by atoms with Crippen molar-refractivity contribution < 1.29 is 19.0 Å². The molecule has 2 aromatic rings. The molecule has 0 saturated carbocycles. The monoisotopic (exact) mass is 399 g/mol. The summed E-state index contributed by atoms with van der Waals surface area (Å²) in [5, 5.41) is 2.96. The first-order valence-electron chi connectivity index (χ1n) is 9.71. The summed E-state index contributed by atoms with van der Waals surface area (Å²) in [6, 6.07) is 13.7. The molecule has 0 radical (unpaired) electrons. The fourth-order valence-corrected chi connectivity index (χ4v) is 3.45. The number of anilines is 2. The summed E-state index contributed by atoms with van der Waals surface area (Å²) in [6.07, 6.45) is 0. The Balaban J connectivity index is 1.54. The summed E-state index contributed by atoms with van der Waals surface area (Å²) in [6.45, 7) is 4.13. The molecule has 1 heterocycles. The molecule has 0 aromatic heterocycles. The molecule has 1 aliphatic heterocycles. The van der Waals surface area contributed by atoms with Gasteiger partial charge in [0.1, 0.15) is 0 Å². The topological polar surface area (TPSA) is 63.3 Å². The number of hydrogen-bond acceptors (Lipinski definition) is 6. The van der Waals surface area contributed by atoms with Gasteiger partial charge >= 0.3 is 0 Å². The highest BCUT2D eigenvalue weighted by Crippen LogP contribution is 2.31. The fraction of sp³-hybridized carbons (Fsp3) is 0.409. The zero-order chi connectivity index (χ0) is 20.6. The van der Waals surface area contributed by atoms with Crippen LogP contribution in [0, 0.1) is 0 Å². The number of ether oxygens (including phenoxy) is 3. The predicted molar refractivity (Wildman–Crippen MR) is 114 cm³/mol. The fourth-order valence-electron chi connectivity index (χ4n) is 3.45. The number of benzene rings is 2. The van der Waals surface area contributed by atoms with Gasteiger partial charge in [-0.15, -0.1) is 0 Å². The smallest absolute Gasteiger partial charge is 0.238 e. The van der Waals surface area contributed by atoms with Crippen LogP contribution in [0.2, 0.25) is 0 Å². The first kappa shape index (κ1) is 21.0. The van der Waals surface area contributed by atoms with Gasteiger partial charge in [-0.1, -0.05) is 12.1 Å². The van der Waals surface area contributed by atoms with E-state index in [1.165, 1.54) is 0 Å². The zero-order valence-corrected chi connectivity index (χ0v) is 17.3. The number of hydrogen-bond donors (Lipinski definition) is 1. The van der Waals surface area contributed by atoms with Crippen LogP contribution in [0.15, 0.2) is 42.5 Å². The summed E-state index contributed by atoms with van der Waals surface area (Å²) in [4.78, 5) is 16.7. The van der Waals surface area contributed by atoms with Crippen LogP contribution in [-0.2, 0) is 16.1 Å². The van der Waals surface area contributed by atoms with E-state index in [1.54, 1.807) is 14.2 Å². The number of amides is 1. The number of rotatable bonds is 8. The van der Waals surface area contributed by atoms with E-state index < -0.39 is 0 Å². The van der Waals surface area contributed by atoms with E-state index >= 15 is 0 Å². The van der Waals surface area contributed by atoms with Gasteiger partial charge in [-0.25, -0.2) is 0 Å². The number of carbonyl (C=O) groups excluding carboxylic acids is 1. The molecule has 29 heavy (non-hydrogen) atoms. The standard InChI is InChI=1S/C22H29N3O4/c1-24(15-17-5-4-6-20(27-2)22(17)28-3)16-21(26)23-18-7-9-19(10-8-18)25-11-13-29-14-12-25/h4-10H,11-16H2,1-3H3,(H,23,26). The molecule has 0 bridgehead atoms. The van der Waals surface area contributed by atoms with Crippen molar-refractivity contribution in [1.29, 1.82) is 0 Å². The van der Waals surface area contributed by atoms with Gasteiger partial charge in [0.25, 0.3) is 0 Å². The molecule has 7 heteroatoms. The van der Waals surface area contributed by atoms with Gasteiger partial charge in [0, 0.05) is 36.6 Å². The lowest BCUT2D eigenvalue weighted by Gasteiger charge is -2.28. The van der Waals surface area contributed by atoms with Crippen molar-refractivity contribution in [2.75, 3.05) is 64.3 Å². The van der Waals surface area contributed by atoms with Crippen molar-refractivity contribution in [3.8, 4) is 11.5 Å². The highest BCUT2D eigenvalue weighted by Gasteiger charge is 2.14. The van der Waals surface area contributed by atoms with Crippen LogP contribution in [-0.4, -0.2) is 64.9 Å². The van der Waals surface area contributed by atoms with Crippen molar-refractivity contribution in [1.82, 2.24) is 4.90 Å². The van der Waals surface area contributed by atoms with Crippen molar-refractivity contribution in [2.45, 2.75) is 6.54 Å². The second kappa shape index (κ2) is 10.1. The Morgan fingerprint density at radius 3 is 2.48 bits per heavy atom. The third kappa shape index (κ3) is 5.62. The maximum absolute atomic E-state index is 12.4. The average molecular weight is 399 g/mol.